The van der Waals surface area contributed by atoms with Crippen LogP contribution in [0, 0.1) is 5.82 Å². The summed E-state index contributed by atoms with van der Waals surface area (Å²) in [6.45, 7) is 0.486. The van der Waals surface area contributed by atoms with Crippen LogP contribution in [0.5, 0.6) is 0 Å². The third-order valence-corrected chi connectivity index (χ3v) is 4.60. The van der Waals surface area contributed by atoms with Crippen molar-refractivity contribution in [1.82, 2.24) is 4.90 Å². The molecule has 0 atom stereocenters. The average molecular weight is 305 g/mol. The standard InChI is InChI=1S/C18H24FNO2/c19-17-9-5-4-6-14(17)12-20(15-10-11-15)18(21)13-22-16-7-2-1-3-8-16/h4-6,9,15-16H,1-3,7-8,10-13H2. The Morgan fingerprint density at radius 2 is 1.86 bits per heavy atom. The molecule has 3 nitrogen and oxygen atoms in total. The number of ether oxygens (including phenoxy) is 1. The van der Waals surface area contributed by atoms with E-state index in [2.05, 4.69) is 0 Å². The highest BCUT2D eigenvalue weighted by molar-refractivity contribution is 5.78. The van der Waals surface area contributed by atoms with Crippen molar-refractivity contribution in [3.05, 3.63) is 35.6 Å². The first-order chi connectivity index (χ1) is 10.7. The lowest BCUT2D eigenvalue weighted by Crippen LogP contribution is -2.37. The topological polar surface area (TPSA) is 29.5 Å². The van der Waals surface area contributed by atoms with E-state index < -0.39 is 0 Å². The number of halogens is 1. The highest BCUT2D eigenvalue weighted by Crippen LogP contribution is 2.29. The van der Waals surface area contributed by atoms with Gasteiger partial charge in [0.2, 0.25) is 5.91 Å². The van der Waals surface area contributed by atoms with Crippen molar-refractivity contribution in [3.8, 4) is 0 Å². The number of amides is 1. The molecule has 3 rings (SSSR count). The zero-order valence-electron chi connectivity index (χ0n) is 13.0. The van der Waals surface area contributed by atoms with Crippen LogP contribution in [0.4, 0.5) is 4.39 Å². The number of rotatable bonds is 6. The summed E-state index contributed by atoms with van der Waals surface area (Å²) >= 11 is 0. The minimum atomic E-state index is -0.242. The van der Waals surface area contributed by atoms with Gasteiger partial charge in [-0.05, 0) is 31.7 Å². The van der Waals surface area contributed by atoms with Crippen LogP contribution < -0.4 is 0 Å². The summed E-state index contributed by atoms with van der Waals surface area (Å²) < 4.78 is 19.6. The number of carbonyl (C=O) groups excluding carboxylic acids is 1. The molecule has 0 radical (unpaired) electrons. The van der Waals surface area contributed by atoms with Crippen LogP contribution in [0.25, 0.3) is 0 Å². The van der Waals surface area contributed by atoms with Crippen molar-refractivity contribution < 1.29 is 13.9 Å². The van der Waals surface area contributed by atoms with Gasteiger partial charge in [0.05, 0.1) is 6.10 Å². The van der Waals surface area contributed by atoms with Crippen molar-refractivity contribution in [3.63, 3.8) is 0 Å². The van der Waals surface area contributed by atoms with Gasteiger partial charge in [0, 0.05) is 18.2 Å². The Bertz CT molecular complexity index is 510. The molecule has 0 aromatic heterocycles. The van der Waals surface area contributed by atoms with E-state index in [4.69, 9.17) is 4.74 Å². The molecule has 0 spiro atoms. The molecule has 0 bridgehead atoms. The lowest BCUT2D eigenvalue weighted by molar-refractivity contribution is -0.140. The van der Waals surface area contributed by atoms with Crippen LogP contribution in [0.2, 0.25) is 0 Å². The van der Waals surface area contributed by atoms with Crippen molar-refractivity contribution in [2.75, 3.05) is 6.61 Å². The third kappa shape index (κ3) is 4.07. The third-order valence-electron chi connectivity index (χ3n) is 4.60. The smallest absolute Gasteiger partial charge is 0.249 e. The largest absolute Gasteiger partial charge is 0.368 e. The summed E-state index contributed by atoms with van der Waals surface area (Å²) in [5.74, 6) is -0.245. The molecule has 0 saturated heterocycles. The van der Waals surface area contributed by atoms with Crippen molar-refractivity contribution >= 4 is 5.91 Å². The van der Waals surface area contributed by atoms with E-state index in [1.54, 1.807) is 17.0 Å². The van der Waals surface area contributed by atoms with Crippen molar-refractivity contribution in [1.29, 1.82) is 0 Å². The number of nitrogens with zero attached hydrogens (tertiary/aromatic N) is 1. The van der Waals surface area contributed by atoms with E-state index >= 15 is 0 Å². The fourth-order valence-corrected chi connectivity index (χ4v) is 3.12. The molecule has 22 heavy (non-hydrogen) atoms. The quantitative estimate of drug-likeness (QED) is 0.802. The van der Waals surface area contributed by atoms with E-state index in [0.29, 0.717) is 12.1 Å². The molecular formula is C18H24FNO2. The van der Waals surface area contributed by atoms with Crippen LogP contribution in [0.3, 0.4) is 0 Å². The van der Waals surface area contributed by atoms with Gasteiger partial charge in [0.25, 0.3) is 0 Å². The van der Waals surface area contributed by atoms with E-state index in [9.17, 15) is 9.18 Å². The second-order valence-corrected chi connectivity index (χ2v) is 6.42. The van der Waals surface area contributed by atoms with Gasteiger partial charge in [-0.25, -0.2) is 4.39 Å². The summed E-state index contributed by atoms with van der Waals surface area (Å²) in [7, 11) is 0. The van der Waals surface area contributed by atoms with Crippen LogP contribution in [0.1, 0.15) is 50.5 Å². The summed E-state index contributed by atoms with van der Waals surface area (Å²) in [4.78, 5) is 14.3. The molecule has 2 aliphatic carbocycles. The maximum atomic E-state index is 13.8. The predicted octanol–water partition coefficient (Wildman–Crippen LogP) is 3.67. The Labute approximate surface area is 131 Å². The summed E-state index contributed by atoms with van der Waals surface area (Å²) in [5, 5.41) is 0. The van der Waals surface area contributed by atoms with Crippen LogP contribution in [0.15, 0.2) is 24.3 Å². The lowest BCUT2D eigenvalue weighted by atomic mass is 9.98. The first kappa shape index (κ1) is 15.5. The molecule has 0 unspecified atom stereocenters. The van der Waals surface area contributed by atoms with Gasteiger partial charge < -0.3 is 9.64 Å². The second-order valence-electron chi connectivity index (χ2n) is 6.42. The predicted molar refractivity (Wildman–Crippen MR) is 82.8 cm³/mol. The van der Waals surface area contributed by atoms with Crippen molar-refractivity contribution in [2.24, 2.45) is 0 Å². The summed E-state index contributed by atoms with van der Waals surface area (Å²) in [5.41, 5.74) is 0.584. The molecule has 2 fully saturated rings. The van der Waals surface area contributed by atoms with Crippen LogP contribution >= 0.6 is 0 Å². The molecule has 0 N–H and O–H groups in total. The van der Waals surface area contributed by atoms with Crippen LogP contribution in [-0.2, 0) is 16.1 Å². The van der Waals surface area contributed by atoms with Gasteiger partial charge in [-0.2, -0.15) is 0 Å². The maximum Gasteiger partial charge on any atom is 0.249 e. The fraction of sp³-hybridized carbons (Fsp3) is 0.611. The minimum absolute atomic E-state index is 0.00340. The molecule has 1 aromatic carbocycles. The molecular weight excluding hydrogens is 281 g/mol. The molecule has 2 aliphatic rings. The van der Waals surface area contributed by atoms with E-state index in [1.165, 1.54) is 25.3 Å². The Kier molecular flexibility index (Phi) is 5.08. The van der Waals surface area contributed by atoms with Crippen LogP contribution in [-0.4, -0.2) is 29.6 Å². The summed E-state index contributed by atoms with van der Waals surface area (Å²) in [6, 6.07) is 6.95. The average Bonchev–Trinajstić information content (AvgIpc) is 3.37. The van der Waals surface area contributed by atoms with E-state index in [1.807, 2.05) is 6.07 Å². The summed E-state index contributed by atoms with van der Waals surface area (Å²) in [6.07, 6.45) is 8.05. The second kappa shape index (κ2) is 7.23. The monoisotopic (exact) mass is 305 g/mol. The first-order valence-corrected chi connectivity index (χ1v) is 8.38. The van der Waals surface area contributed by atoms with Crippen molar-refractivity contribution in [2.45, 2.75) is 63.6 Å². The van der Waals surface area contributed by atoms with E-state index in [-0.39, 0.29) is 30.5 Å². The first-order valence-electron chi connectivity index (χ1n) is 8.38. The maximum absolute atomic E-state index is 13.8. The number of benzene rings is 1. The zero-order chi connectivity index (χ0) is 15.4. The normalized spacial score (nSPS) is 19.1. The molecule has 1 amide bonds. The molecule has 1 aromatic rings. The lowest BCUT2D eigenvalue weighted by Gasteiger charge is -2.26. The Balaban J connectivity index is 1.56. The molecule has 2 saturated carbocycles. The number of hydrogen-bond donors (Lipinski definition) is 0. The van der Waals surface area contributed by atoms with Gasteiger partial charge in [-0.1, -0.05) is 37.5 Å². The molecule has 4 heteroatoms. The van der Waals surface area contributed by atoms with Gasteiger partial charge in [-0.3, -0.25) is 4.79 Å². The Hall–Kier alpha value is -1.42. The van der Waals surface area contributed by atoms with E-state index in [0.717, 1.165) is 25.7 Å². The molecule has 120 valence electrons. The fourth-order valence-electron chi connectivity index (χ4n) is 3.12. The highest BCUT2D eigenvalue weighted by atomic mass is 19.1. The minimum Gasteiger partial charge on any atom is -0.368 e. The zero-order valence-corrected chi connectivity index (χ0v) is 13.0. The number of hydrogen-bond acceptors (Lipinski definition) is 2. The molecule has 0 heterocycles. The van der Waals surface area contributed by atoms with Gasteiger partial charge in [0.1, 0.15) is 12.4 Å². The SMILES string of the molecule is O=C(COC1CCCCC1)N(Cc1ccccc1F)C1CC1. The number of carbonyl (C=O) groups is 1. The van der Waals surface area contributed by atoms with Gasteiger partial charge >= 0.3 is 0 Å². The van der Waals surface area contributed by atoms with Gasteiger partial charge in [-0.15, -0.1) is 0 Å². The molecule has 0 aliphatic heterocycles. The highest BCUT2D eigenvalue weighted by Gasteiger charge is 2.33. The van der Waals surface area contributed by atoms with Gasteiger partial charge in [0.15, 0.2) is 0 Å². The Morgan fingerprint density at radius 1 is 1.14 bits per heavy atom. The Morgan fingerprint density at radius 3 is 2.55 bits per heavy atom.